The first kappa shape index (κ1) is 15.1. The van der Waals surface area contributed by atoms with Crippen molar-refractivity contribution in [3.05, 3.63) is 74.3 Å². The van der Waals surface area contributed by atoms with E-state index in [9.17, 15) is 25.0 Å². The number of hydrogen-bond acceptors (Lipinski definition) is 6. The van der Waals surface area contributed by atoms with Gasteiger partial charge in [0.1, 0.15) is 0 Å². The fourth-order valence-electron chi connectivity index (χ4n) is 1.78. The molecule has 2 aromatic rings. The second kappa shape index (κ2) is 6.44. The molecule has 0 spiro atoms. The number of rotatable bonds is 6. The SMILES string of the molecule is O=C(CNc1ccc([N+](=O)[O-])cc1)c1cccc([N+](=O)[O-])c1. The molecule has 0 bridgehead atoms. The Morgan fingerprint density at radius 3 is 2.18 bits per heavy atom. The molecule has 0 aromatic heterocycles. The third-order valence-electron chi connectivity index (χ3n) is 2.91. The van der Waals surface area contributed by atoms with Gasteiger partial charge in [0, 0.05) is 35.5 Å². The third-order valence-corrected chi connectivity index (χ3v) is 2.91. The number of benzene rings is 2. The Balaban J connectivity index is 2.02. The molecule has 2 rings (SSSR count). The quantitative estimate of drug-likeness (QED) is 0.498. The van der Waals surface area contributed by atoms with E-state index in [0.717, 1.165) is 0 Å². The number of anilines is 1. The van der Waals surface area contributed by atoms with E-state index in [1.165, 1.54) is 48.5 Å². The molecule has 0 heterocycles. The van der Waals surface area contributed by atoms with Gasteiger partial charge in [0.15, 0.2) is 5.78 Å². The predicted octanol–water partition coefficient (Wildman–Crippen LogP) is 2.80. The van der Waals surface area contributed by atoms with Gasteiger partial charge in [-0.1, -0.05) is 12.1 Å². The second-order valence-corrected chi connectivity index (χ2v) is 4.39. The zero-order chi connectivity index (χ0) is 16.1. The van der Waals surface area contributed by atoms with Crippen LogP contribution in [0.3, 0.4) is 0 Å². The smallest absolute Gasteiger partial charge is 0.270 e. The molecule has 0 amide bonds. The molecular formula is C14H11N3O5. The van der Waals surface area contributed by atoms with Crippen molar-refractivity contribution < 1.29 is 14.6 Å². The topological polar surface area (TPSA) is 115 Å². The number of nitrogens with zero attached hydrogens (tertiary/aromatic N) is 2. The van der Waals surface area contributed by atoms with Crippen molar-refractivity contribution in [2.45, 2.75) is 0 Å². The highest BCUT2D eigenvalue weighted by atomic mass is 16.6. The minimum absolute atomic E-state index is 0.0458. The standard InChI is InChI=1S/C14H11N3O5/c18-14(10-2-1-3-13(8-10)17(21)22)9-15-11-4-6-12(7-5-11)16(19)20/h1-8,15H,9H2. The van der Waals surface area contributed by atoms with E-state index in [1.807, 2.05) is 0 Å². The van der Waals surface area contributed by atoms with Crippen molar-refractivity contribution in [2.75, 3.05) is 11.9 Å². The maximum atomic E-state index is 12.0. The number of carbonyl (C=O) groups is 1. The Labute approximate surface area is 124 Å². The van der Waals surface area contributed by atoms with Crippen LogP contribution in [-0.2, 0) is 0 Å². The van der Waals surface area contributed by atoms with Gasteiger partial charge in [-0.05, 0) is 12.1 Å². The summed E-state index contributed by atoms with van der Waals surface area (Å²) in [6.45, 7) is -0.0705. The molecule has 0 fully saturated rings. The fourth-order valence-corrected chi connectivity index (χ4v) is 1.78. The Morgan fingerprint density at radius 2 is 1.59 bits per heavy atom. The zero-order valence-electron chi connectivity index (χ0n) is 11.3. The molecule has 0 atom stereocenters. The minimum atomic E-state index is -0.569. The summed E-state index contributed by atoms with van der Waals surface area (Å²) in [6.07, 6.45) is 0. The van der Waals surface area contributed by atoms with Crippen molar-refractivity contribution in [3.8, 4) is 0 Å². The molecule has 22 heavy (non-hydrogen) atoms. The number of ketones is 1. The van der Waals surface area contributed by atoms with Crippen molar-refractivity contribution in [1.29, 1.82) is 0 Å². The van der Waals surface area contributed by atoms with Gasteiger partial charge in [0.25, 0.3) is 11.4 Å². The summed E-state index contributed by atoms with van der Waals surface area (Å²) in [5.41, 5.74) is 0.574. The van der Waals surface area contributed by atoms with Crippen LogP contribution in [0.15, 0.2) is 48.5 Å². The van der Waals surface area contributed by atoms with Crippen molar-refractivity contribution in [3.63, 3.8) is 0 Å². The molecular weight excluding hydrogens is 290 g/mol. The van der Waals surface area contributed by atoms with Gasteiger partial charge in [-0.15, -0.1) is 0 Å². The molecule has 0 aliphatic carbocycles. The van der Waals surface area contributed by atoms with Crippen molar-refractivity contribution in [1.82, 2.24) is 0 Å². The van der Waals surface area contributed by atoms with E-state index in [1.54, 1.807) is 0 Å². The predicted molar refractivity (Wildman–Crippen MR) is 79.0 cm³/mol. The van der Waals surface area contributed by atoms with Gasteiger partial charge in [0.05, 0.1) is 16.4 Å². The van der Waals surface area contributed by atoms with Crippen molar-refractivity contribution in [2.24, 2.45) is 0 Å². The fraction of sp³-hybridized carbons (Fsp3) is 0.0714. The highest BCUT2D eigenvalue weighted by Gasteiger charge is 2.11. The number of nitrogens with one attached hydrogen (secondary N) is 1. The number of Topliss-reactive ketones (excluding diaryl/α,β-unsaturated/α-hetero) is 1. The zero-order valence-corrected chi connectivity index (χ0v) is 11.3. The van der Waals surface area contributed by atoms with E-state index in [2.05, 4.69) is 5.32 Å². The lowest BCUT2D eigenvalue weighted by Gasteiger charge is -2.05. The lowest BCUT2D eigenvalue weighted by atomic mass is 10.1. The summed E-state index contributed by atoms with van der Waals surface area (Å²) >= 11 is 0. The average molecular weight is 301 g/mol. The molecule has 8 heteroatoms. The molecule has 112 valence electrons. The van der Waals surface area contributed by atoms with Gasteiger partial charge in [-0.3, -0.25) is 25.0 Å². The van der Waals surface area contributed by atoms with Crippen molar-refractivity contribution >= 4 is 22.8 Å². The lowest BCUT2D eigenvalue weighted by molar-refractivity contribution is -0.385. The Bertz CT molecular complexity index is 728. The van der Waals surface area contributed by atoms with Crippen LogP contribution in [0.1, 0.15) is 10.4 Å². The number of non-ortho nitro benzene ring substituents is 2. The first-order valence-electron chi connectivity index (χ1n) is 6.23. The maximum Gasteiger partial charge on any atom is 0.270 e. The van der Waals surface area contributed by atoms with E-state index in [4.69, 9.17) is 0 Å². The monoisotopic (exact) mass is 301 g/mol. The molecule has 0 aliphatic heterocycles. The van der Waals surface area contributed by atoms with Crippen LogP contribution < -0.4 is 5.32 Å². The van der Waals surface area contributed by atoms with Crippen LogP contribution in [0.25, 0.3) is 0 Å². The summed E-state index contributed by atoms with van der Waals surface area (Å²) in [4.78, 5) is 32.1. The highest BCUT2D eigenvalue weighted by Crippen LogP contribution is 2.16. The summed E-state index contributed by atoms with van der Waals surface area (Å²) < 4.78 is 0. The van der Waals surface area contributed by atoms with Crippen LogP contribution in [0, 0.1) is 20.2 Å². The van der Waals surface area contributed by atoms with E-state index in [-0.39, 0.29) is 29.3 Å². The molecule has 0 saturated carbocycles. The molecule has 0 aliphatic rings. The van der Waals surface area contributed by atoms with Gasteiger partial charge in [-0.2, -0.15) is 0 Å². The molecule has 2 aromatic carbocycles. The molecule has 0 radical (unpaired) electrons. The Hall–Kier alpha value is -3.29. The minimum Gasteiger partial charge on any atom is -0.378 e. The lowest BCUT2D eigenvalue weighted by Crippen LogP contribution is -2.14. The van der Waals surface area contributed by atoms with Gasteiger partial charge in [-0.25, -0.2) is 0 Å². The molecule has 0 unspecified atom stereocenters. The van der Waals surface area contributed by atoms with Crippen LogP contribution in [-0.4, -0.2) is 22.2 Å². The van der Waals surface area contributed by atoms with E-state index in [0.29, 0.717) is 5.69 Å². The number of nitro groups is 2. The molecule has 0 saturated heterocycles. The summed E-state index contributed by atoms with van der Waals surface area (Å²) in [6, 6.07) is 11.1. The van der Waals surface area contributed by atoms with Crippen LogP contribution in [0.5, 0.6) is 0 Å². The van der Waals surface area contributed by atoms with Gasteiger partial charge >= 0.3 is 0 Å². The summed E-state index contributed by atoms with van der Waals surface area (Å²) in [5, 5.41) is 24.0. The highest BCUT2D eigenvalue weighted by molar-refractivity contribution is 5.99. The Kier molecular flexibility index (Phi) is 4.42. The average Bonchev–Trinajstić information content (AvgIpc) is 2.53. The molecule has 8 nitrogen and oxygen atoms in total. The van der Waals surface area contributed by atoms with Gasteiger partial charge in [0.2, 0.25) is 0 Å². The molecule has 1 N–H and O–H groups in total. The first-order chi connectivity index (χ1) is 10.5. The summed E-state index contributed by atoms with van der Waals surface area (Å²) in [5.74, 6) is -0.318. The second-order valence-electron chi connectivity index (χ2n) is 4.39. The Morgan fingerprint density at radius 1 is 0.955 bits per heavy atom. The van der Waals surface area contributed by atoms with Crippen LogP contribution in [0.4, 0.5) is 17.1 Å². The number of hydrogen-bond donors (Lipinski definition) is 1. The largest absolute Gasteiger partial charge is 0.378 e. The number of nitro benzene ring substituents is 2. The van der Waals surface area contributed by atoms with E-state index < -0.39 is 9.85 Å². The normalized spacial score (nSPS) is 10.0. The first-order valence-corrected chi connectivity index (χ1v) is 6.23. The summed E-state index contributed by atoms with van der Waals surface area (Å²) in [7, 11) is 0. The maximum absolute atomic E-state index is 12.0. The third kappa shape index (κ3) is 3.63. The number of carbonyl (C=O) groups excluding carboxylic acids is 1. The van der Waals surface area contributed by atoms with Crippen LogP contribution in [0.2, 0.25) is 0 Å². The van der Waals surface area contributed by atoms with Gasteiger partial charge < -0.3 is 5.32 Å². The van der Waals surface area contributed by atoms with E-state index >= 15 is 0 Å². The van der Waals surface area contributed by atoms with Crippen LogP contribution >= 0.6 is 0 Å².